The molecule has 39 heavy (non-hydrogen) atoms. The highest BCUT2D eigenvalue weighted by atomic mass is 19.1. The maximum absolute atomic E-state index is 15.2. The van der Waals surface area contributed by atoms with Gasteiger partial charge in [-0.05, 0) is 54.1 Å². The molecule has 0 bridgehead atoms. The van der Waals surface area contributed by atoms with E-state index in [4.69, 9.17) is 10.00 Å². The van der Waals surface area contributed by atoms with E-state index in [1.165, 1.54) is 36.4 Å². The van der Waals surface area contributed by atoms with Gasteiger partial charge in [-0.25, -0.2) is 27.9 Å². The molecule has 0 saturated heterocycles. The number of halogens is 3. The fraction of sp³-hybridized carbons (Fsp3) is 0.103. The van der Waals surface area contributed by atoms with Gasteiger partial charge in [-0.1, -0.05) is 12.1 Å². The van der Waals surface area contributed by atoms with Gasteiger partial charge in [-0.3, -0.25) is 0 Å². The molecule has 0 atom stereocenters. The molecule has 194 valence electrons. The van der Waals surface area contributed by atoms with Crippen LogP contribution in [0.1, 0.15) is 32.9 Å². The number of rotatable bonds is 7. The van der Waals surface area contributed by atoms with Crippen molar-refractivity contribution in [1.82, 2.24) is 14.5 Å². The molecule has 2 heterocycles. The summed E-state index contributed by atoms with van der Waals surface area (Å²) in [6.45, 7) is -0.171. The van der Waals surface area contributed by atoms with Crippen LogP contribution in [0.4, 0.5) is 13.2 Å². The van der Waals surface area contributed by atoms with E-state index >= 15 is 8.78 Å². The highest BCUT2D eigenvalue weighted by Gasteiger charge is 2.17. The number of carboxylic acids is 1. The molecule has 10 heteroatoms. The number of fused-ring (bicyclic) bond motifs is 1. The molecule has 0 amide bonds. The first kappa shape index (κ1) is 25.5. The number of hydrogen-bond donors (Lipinski definition) is 1. The van der Waals surface area contributed by atoms with Crippen LogP contribution in [0.15, 0.2) is 66.7 Å². The standard InChI is InChI=1S/C29H19F3N4O3/c1-36-26-11-17(29(37)38)7-8-25(26)34-27(36)12-19-10-23(32)20(13-22(19)31)24-3-2-4-28(35-24)39-15-18-6-5-16(14-33)9-21(18)30/h2-11,13H,12,15H2,1H3,(H,37,38). The number of carbonyl (C=O) groups is 1. The fourth-order valence-corrected chi connectivity index (χ4v) is 4.15. The average molecular weight is 528 g/mol. The predicted octanol–water partition coefficient (Wildman–Crippen LogP) is 5.79. The minimum atomic E-state index is -1.08. The zero-order valence-corrected chi connectivity index (χ0v) is 20.5. The first-order valence-electron chi connectivity index (χ1n) is 11.7. The number of aromatic nitrogens is 3. The zero-order valence-electron chi connectivity index (χ0n) is 20.5. The van der Waals surface area contributed by atoms with Gasteiger partial charge in [0.15, 0.2) is 0 Å². The Hall–Kier alpha value is -5.17. The minimum absolute atomic E-state index is 0.0245. The molecule has 0 aliphatic rings. The third-order valence-corrected chi connectivity index (χ3v) is 6.26. The van der Waals surface area contributed by atoms with E-state index in [0.29, 0.717) is 16.9 Å². The van der Waals surface area contributed by atoms with Crippen molar-refractivity contribution < 1.29 is 27.8 Å². The van der Waals surface area contributed by atoms with Crippen LogP contribution in [0.5, 0.6) is 5.88 Å². The monoisotopic (exact) mass is 528 g/mol. The number of aromatic carboxylic acids is 1. The third kappa shape index (κ3) is 5.15. The number of imidazole rings is 1. The summed E-state index contributed by atoms with van der Waals surface area (Å²) in [5, 5.41) is 18.1. The van der Waals surface area contributed by atoms with Crippen LogP contribution in [0, 0.1) is 28.8 Å². The zero-order chi connectivity index (χ0) is 27.7. The summed E-state index contributed by atoms with van der Waals surface area (Å²) in [6, 6.07) is 17.0. The number of pyridine rings is 1. The van der Waals surface area contributed by atoms with Crippen LogP contribution in [0.25, 0.3) is 22.3 Å². The maximum Gasteiger partial charge on any atom is 0.335 e. The lowest BCUT2D eigenvalue weighted by molar-refractivity contribution is 0.0697. The Morgan fingerprint density at radius 2 is 1.77 bits per heavy atom. The molecule has 0 saturated carbocycles. The number of benzene rings is 3. The highest BCUT2D eigenvalue weighted by molar-refractivity contribution is 5.92. The summed E-state index contributed by atoms with van der Waals surface area (Å²) < 4.78 is 51.6. The Morgan fingerprint density at radius 1 is 0.974 bits per heavy atom. The van der Waals surface area contributed by atoms with Gasteiger partial charge >= 0.3 is 5.97 Å². The Kier molecular flexibility index (Phi) is 6.73. The molecule has 5 rings (SSSR count). The van der Waals surface area contributed by atoms with Crippen LogP contribution in [-0.4, -0.2) is 25.6 Å². The van der Waals surface area contributed by atoms with E-state index in [1.807, 2.05) is 6.07 Å². The summed E-state index contributed by atoms with van der Waals surface area (Å²) in [5.41, 5.74) is 1.70. The molecule has 5 aromatic rings. The molecule has 1 N–H and O–H groups in total. The summed E-state index contributed by atoms with van der Waals surface area (Å²) in [6.07, 6.45) is -0.0245. The van der Waals surface area contributed by atoms with Crippen LogP contribution in [0.2, 0.25) is 0 Å². The van der Waals surface area contributed by atoms with Gasteiger partial charge in [-0.15, -0.1) is 0 Å². The number of ether oxygens (including phenoxy) is 1. The topological polar surface area (TPSA) is 101 Å². The normalized spacial score (nSPS) is 10.9. The van der Waals surface area contributed by atoms with Gasteiger partial charge < -0.3 is 14.4 Å². The number of nitriles is 1. The summed E-state index contributed by atoms with van der Waals surface area (Å²) in [4.78, 5) is 20.0. The molecule has 3 aromatic carbocycles. The Balaban J connectivity index is 1.38. The van der Waals surface area contributed by atoms with Gasteiger partial charge in [0.2, 0.25) is 5.88 Å². The number of hydrogen-bond acceptors (Lipinski definition) is 5. The smallest absolute Gasteiger partial charge is 0.335 e. The maximum atomic E-state index is 15.2. The lowest BCUT2D eigenvalue weighted by atomic mass is 10.0. The molecule has 0 aliphatic heterocycles. The van der Waals surface area contributed by atoms with Crippen molar-refractivity contribution in [2.45, 2.75) is 13.0 Å². The number of carboxylic acid groups (broad SMARTS) is 1. The molecular weight excluding hydrogens is 509 g/mol. The minimum Gasteiger partial charge on any atom is -0.478 e. The molecule has 0 spiro atoms. The van der Waals surface area contributed by atoms with Crippen LogP contribution in [-0.2, 0) is 20.1 Å². The fourth-order valence-electron chi connectivity index (χ4n) is 4.15. The van der Waals surface area contributed by atoms with E-state index in [-0.39, 0.29) is 52.4 Å². The van der Waals surface area contributed by atoms with E-state index in [2.05, 4.69) is 9.97 Å². The lowest BCUT2D eigenvalue weighted by Crippen LogP contribution is -2.04. The van der Waals surface area contributed by atoms with Gasteiger partial charge in [0.25, 0.3) is 0 Å². The number of nitrogens with zero attached hydrogens (tertiary/aromatic N) is 4. The van der Waals surface area contributed by atoms with Crippen molar-refractivity contribution in [1.29, 1.82) is 5.26 Å². The second kappa shape index (κ2) is 10.3. The SMILES string of the molecule is Cn1c(Cc2cc(F)c(-c3cccc(OCc4ccc(C#N)cc4F)n3)cc2F)nc2ccc(C(=O)O)cc21. The first-order chi connectivity index (χ1) is 18.7. The van der Waals surface area contributed by atoms with E-state index in [1.54, 1.807) is 23.7 Å². The second-order valence-corrected chi connectivity index (χ2v) is 8.76. The highest BCUT2D eigenvalue weighted by Crippen LogP contribution is 2.28. The van der Waals surface area contributed by atoms with Crippen LogP contribution in [0.3, 0.4) is 0 Å². The summed E-state index contributed by atoms with van der Waals surface area (Å²) >= 11 is 0. The summed E-state index contributed by atoms with van der Waals surface area (Å²) in [5.74, 6) is -2.54. The molecule has 0 radical (unpaired) electrons. The molecular formula is C29H19F3N4O3. The van der Waals surface area contributed by atoms with Crippen molar-refractivity contribution in [3.05, 3.63) is 112 Å². The van der Waals surface area contributed by atoms with Crippen molar-refractivity contribution in [3.63, 3.8) is 0 Å². The van der Waals surface area contributed by atoms with E-state index in [9.17, 15) is 14.3 Å². The van der Waals surface area contributed by atoms with Crippen LogP contribution < -0.4 is 4.74 Å². The van der Waals surface area contributed by atoms with Gasteiger partial charge in [0.05, 0.1) is 33.9 Å². The quantitative estimate of drug-likeness (QED) is 0.287. The predicted molar refractivity (Wildman–Crippen MR) is 136 cm³/mol. The molecule has 0 aliphatic carbocycles. The van der Waals surface area contributed by atoms with Crippen molar-refractivity contribution in [2.24, 2.45) is 7.05 Å². The Bertz CT molecular complexity index is 1790. The van der Waals surface area contributed by atoms with Gasteiger partial charge in [0, 0.05) is 30.7 Å². The Morgan fingerprint density at radius 3 is 2.51 bits per heavy atom. The Labute approximate surface area is 220 Å². The molecule has 0 fully saturated rings. The first-order valence-corrected chi connectivity index (χ1v) is 11.7. The van der Waals surface area contributed by atoms with Crippen molar-refractivity contribution in [3.8, 4) is 23.2 Å². The molecule has 0 unspecified atom stereocenters. The molecule has 2 aromatic heterocycles. The van der Waals surface area contributed by atoms with E-state index < -0.39 is 23.4 Å². The average Bonchev–Trinajstić information content (AvgIpc) is 3.24. The largest absolute Gasteiger partial charge is 0.478 e. The van der Waals surface area contributed by atoms with Gasteiger partial charge in [-0.2, -0.15) is 5.26 Å². The van der Waals surface area contributed by atoms with E-state index in [0.717, 1.165) is 18.2 Å². The molecule has 7 nitrogen and oxygen atoms in total. The second-order valence-electron chi connectivity index (χ2n) is 8.76. The number of aryl methyl sites for hydroxylation is 1. The van der Waals surface area contributed by atoms with Crippen molar-refractivity contribution >= 4 is 17.0 Å². The van der Waals surface area contributed by atoms with Crippen molar-refractivity contribution in [2.75, 3.05) is 0 Å². The van der Waals surface area contributed by atoms with Gasteiger partial charge in [0.1, 0.15) is 29.9 Å². The van der Waals surface area contributed by atoms with Crippen LogP contribution >= 0.6 is 0 Å². The summed E-state index contributed by atoms with van der Waals surface area (Å²) in [7, 11) is 1.68. The lowest BCUT2D eigenvalue weighted by Gasteiger charge is -2.11. The third-order valence-electron chi connectivity index (χ3n) is 6.26.